The Morgan fingerprint density at radius 3 is 2.58 bits per heavy atom. The van der Waals surface area contributed by atoms with Crippen molar-refractivity contribution >= 4 is 16.0 Å². The fourth-order valence-electron chi connectivity index (χ4n) is 5.70. The molecule has 0 heterocycles. The van der Waals surface area contributed by atoms with Crippen LogP contribution in [0.5, 0.6) is 0 Å². The first-order valence-corrected chi connectivity index (χ1v) is 12.7. The van der Waals surface area contributed by atoms with Crippen LogP contribution in [-0.4, -0.2) is 53.1 Å². The van der Waals surface area contributed by atoms with Gasteiger partial charge in [-0.2, -0.15) is 8.42 Å². The van der Waals surface area contributed by atoms with E-state index in [0.717, 1.165) is 37.7 Å². The number of hydrogen-bond acceptors (Lipinski definition) is 5. The first kappa shape index (κ1) is 26.0. The highest BCUT2D eigenvalue weighted by atomic mass is 32.2. The van der Waals surface area contributed by atoms with Gasteiger partial charge in [0.2, 0.25) is 5.91 Å². The fourth-order valence-corrected chi connectivity index (χ4v) is 6.06. The average molecular weight is 458 g/mol. The molecule has 2 fully saturated rings. The van der Waals surface area contributed by atoms with Crippen molar-refractivity contribution in [2.24, 2.45) is 22.7 Å². The number of nitrogens with one attached hydrogen (secondary N) is 1. The Bertz CT molecular complexity index is 814. The monoisotopic (exact) mass is 457 g/mol. The largest absolute Gasteiger partial charge is 0.387 e. The molecule has 1 amide bonds. The van der Waals surface area contributed by atoms with Gasteiger partial charge < -0.3 is 15.5 Å². The van der Waals surface area contributed by atoms with E-state index in [4.69, 9.17) is 4.55 Å². The second kappa shape index (κ2) is 9.33. The Morgan fingerprint density at radius 2 is 2.00 bits per heavy atom. The van der Waals surface area contributed by atoms with Gasteiger partial charge in [0, 0.05) is 13.0 Å². The Hall–Kier alpha value is -1.22. The third-order valence-electron chi connectivity index (χ3n) is 7.52. The van der Waals surface area contributed by atoms with Crippen LogP contribution < -0.4 is 5.32 Å². The summed E-state index contributed by atoms with van der Waals surface area (Å²) in [5.41, 5.74) is -0.478. The molecule has 7 nitrogen and oxygen atoms in total. The summed E-state index contributed by atoms with van der Waals surface area (Å²) in [6.07, 6.45) is 7.74. The van der Waals surface area contributed by atoms with Crippen LogP contribution in [0.4, 0.5) is 0 Å². The summed E-state index contributed by atoms with van der Waals surface area (Å²) in [5, 5.41) is 23.0. The molecule has 2 saturated carbocycles. The number of fused-ring (bicyclic) bond motifs is 1. The third-order valence-corrected chi connectivity index (χ3v) is 8.24. The molecule has 2 rings (SSSR count). The number of allylic oxidation sites excluding steroid dienone is 2. The van der Waals surface area contributed by atoms with E-state index in [1.165, 1.54) is 0 Å². The van der Waals surface area contributed by atoms with Crippen LogP contribution in [-0.2, 0) is 14.9 Å². The first-order chi connectivity index (χ1) is 14.1. The molecule has 4 N–H and O–H groups in total. The van der Waals surface area contributed by atoms with Crippen molar-refractivity contribution in [1.82, 2.24) is 5.32 Å². The van der Waals surface area contributed by atoms with Gasteiger partial charge >= 0.3 is 0 Å². The zero-order chi connectivity index (χ0) is 23.7. The zero-order valence-corrected chi connectivity index (χ0v) is 20.0. The van der Waals surface area contributed by atoms with Crippen LogP contribution in [0.3, 0.4) is 0 Å². The summed E-state index contributed by atoms with van der Waals surface area (Å²) in [5.74, 6) is -0.474. The standard InChI is InChI=1S/C23H39NO6S/c1-16-7-8-18-22(4,12-9-19(25)21(2,3)27)10-6-11-23(18,5)17(16)15-20(26)24-13-14-31(28,29)30/h9,12,17-19,25,27H,1,6-8,10-11,13-15H2,2-5H3,(H,24,26)(H,28,29,30)/b12-9+/t17-,18-,19+,22-,23+/m0/s1. The highest BCUT2D eigenvalue weighted by Gasteiger charge is 2.54. The quantitative estimate of drug-likeness (QED) is 0.328. The number of carbonyl (C=O) groups excluding carboxylic acids is 1. The van der Waals surface area contributed by atoms with Gasteiger partial charge in [-0.25, -0.2) is 0 Å². The first-order valence-electron chi connectivity index (χ1n) is 11.1. The summed E-state index contributed by atoms with van der Waals surface area (Å²) >= 11 is 0. The maximum Gasteiger partial charge on any atom is 0.266 e. The van der Waals surface area contributed by atoms with Gasteiger partial charge in [-0.05, 0) is 62.2 Å². The van der Waals surface area contributed by atoms with Crippen molar-refractivity contribution in [2.75, 3.05) is 12.3 Å². The van der Waals surface area contributed by atoms with Gasteiger partial charge in [0.25, 0.3) is 10.1 Å². The maximum absolute atomic E-state index is 12.5. The summed E-state index contributed by atoms with van der Waals surface area (Å²) in [4.78, 5) is 12.5. The van der Waals surface area contributed by atoms with Gasteiger partial charge in [-0.15, -0.1) is 0 Å². The molecule has 0 aromatic carbocycles. The lowest BCUT2D eigenvalue weighted by atomic mass is 9.46. The molecule has 178 valence electrons. The Labute approximate surface area is 186 Å². The number of hydrogen-bond donors (Lipinski definition) is 4. The number of amides is 1. The normalized spacial score (nSPS) is 33.2. The minimum absolute atomic E-state index is 0.0239. The van der Waals surface area contributed by atoms with Gasteiger partial charge in [0.05, 0.1) is 11.4 Å². The molecule has 0 bridgehead atoms. The van der Waals surface area contributed by atoms with Crippen molar-refractivity contribution < 1.29 is 28.0 Å². The highest BCUT2D eigenvalue weighted by Crippen LogP contribution is 2.62. The zero-order valence-electron chi connectivity index (χ0n) is 19.2. The maximum atomic E-state index is 12.5. The van der Waals surface area contributed by atoms with Crippen molar-refractivity contribution in [3.8, 4) is 0 Å². The lowest BCUT2D eigenvalue weighted by molar-refractivity contribution is -0.124. The molecule has 0 aromatic heterocycles. The molecule has 8 heteroatoms. The molecule has 0 radical (unpaired) electrons. The van der Waals surface area contributed by atoms with Gasteiger partial charge in [0.15, 0.2) is 0 Å². The van der Waals surface area contributed by atoms with Crippen LogP contribution in [0.15, 0.2) is 24.3 Å². The number of aliphatic hydroxyl groups is 2. The molecule has 0 spiro atoms. The van der Waals surface area contributed by atoms with Crippen LogP contribution in [0.25, 0.3) is 0 Å². The molecular formula is C23H39NO6S. The topological polar surface area (TPSA) is 124 Å². The van der Waals surface area contributed by atoms with Crippen LogP contribution in [0.2, 0.25) is 0 Å². The minimum atomic E-state index is -4.11. The van der Waals surface area contributed by atoms with E-state index in [-0.39, 0.29) is 35.6 Å². The van der Waals surface area contributed by atoms with Crippen molar-refractivity contribution in [2.45, 2.75) is 77.9 Å². The van der Waals surface area contributed by atoms with Crippen LogP contribution >= 0.6 is 0 Å². The van der Waals surface area contributed by atoms with Crippen LogP contribution in [0, 0.1) is 22.7 Å². The Kier molecular flexibility index (Phi) is 7.84. The molecule has 0 aliphatic heterocycles. The molecular weight excluding hydrogens is 418 g/mol. The van der Waals surface area contributed by atoms with Gasteiger partial charge in [-0.3, -0.25) is 9.35 Å². The lowest BCUT2D eigenvalue weighted by Gasteiger charge is -2.58. The van der Waals surface area contributed by atoms with Gasteiger partial charge in [-0.1, -0.05) is 44.6 Å². The van der Waals surface area contributed by atoms with Crippen molar-refractivity contribution in [3.63, 3.8) is 0 Å². The fraction of sp³-hybridized carbons (Fsp3) is 0.783. The van der Waals surface area contributed by atoms with E-state index in [1.807, 2.05) is 0 Å². The van der Waals surface area contributed by atoms with Crippen molar-refractivity contribution in [3.05, 3.63) is 24.3 Å². The second-order valence-corrected chi connectivity index (χ2v) is 12.0. The summed E-state index contributed by atoms with van der Waals surface area (Å²) in [6.45, 7) is 11.7. The second-order valence-electron chi connectivity index (χ2n) is 10.5. The summed E-state index contributed by atoms with van der Waals surface area (Å²) < 4.78 is 30.6. The molecule has 2 aliphatic carbocycles. The van der Waals surface area contributed by atoms with E-state index in [1.54, 1.807) is 19.9 Å². The molecule has 5 atom stereocenters. The molecule has 31 heavy (non-hydrogen) atoms. The van der Waals surface area contributed by atoms with E-state index in [2.05, 4.69) is 31.8 Å². The van der Waals surface area contributed by atoms with E-state index in [9.17, 15) is 23.4 Å². The summed E-state index contributed by atoms with van der Waals surface area (Å²) in [7, 11) is -4.11. The number of rotatable bonds is 8. The SMILES string of the molecule is C=C1CC[C@@H]2[C@](C)(CCC[C@@]2(C)/C=C/[C@@H](O)C(C)(C)O)[C@H]1CC(=O)NCCS(=O)(=O)O. The van der Waals surface area contributed by atoms with E-state index in [0.29, 0.717) is 5.92 Å². The lowest BCUT2D eigenvalue weighted by Crippen LogP contribution is -2.51. The number of carbonyl (C=O) groups is 1. The minimum Gasteiger partial charge on any atom is -0.387 e. The molecule has 0 unspecified atom stereocenters. The predicted molar refractivity (Wildman–Crippen MR) is 121 cm³/mol. The number of aliphatic hydroxyl groups excluding tert-OH is 1. The smallest absolute Gasteiger partial charge is 0.266 e. The molecule has 0 saturated heterocycles. The van der Waals surface area contributed by atoms with E-state index >= 15 is 0 Å². The third kappa shape index (κ3) is 6.40. The average Bonchev–Trinajstić information content (AvgIpc) is 2.61. The summed E-state index contributed by atoms with van der Waals surface area (Å²) in [6, 6.07) is 0. The highest BCUT2D eigenvalue weighted by molar-refractivity contribution is 7.85. The van der Waals surface area contributed by atoms with Crippen LogP contribution in [0.1, 0.15) is 66.2 Å². The molecule has 0 aromatic rings. The predicted octanol–water partition coefficient (Wildman–Crippen LogP) is 2.85. The van der Waals surface area contributed by atoms with Gasteiger partial charge in [0.1, 0.15) is 6.10 Å². The molecule has 2 aliphatic rings. The Balaban J connectivity index is 2.19. The van der Waals surface area contributed by atoms with E-state index < -0.39 is 27.6 Å². The Morgan fingerprint density at radius 1 is 1.35 bits per heavy atom. The van der Waals surface area contributed by atoms with Crippen molar-refractivity contribution in [1.29, 1.82) is 0 Å².